The van der Waals surface area contributed by atoms with Crippen LogP contribution in [-0.2, 0) is 6.42 Å². The molecule has 1 aliphatic rings. The van der Waals surface area contributed by atoms with E-state index in [0.29, 0.717) is 45.5 Å². The van der Waals surface area contributed by atoms with Crippen LogP contribution < -0.4 is 0 Å². The number of fused-ring (bicyclic) bond motifs is 9. The lowest BCUT2D eigenvalue weighted by Gasteiger charge is -2.22. The van der Waals surface area contributed by atoms with E-state index in [0.717, 1.165) is 89.2 Å². The molecule has 0 unspecified atom stereocenters. The molecule has 67 heavy (non-hydrogen) atoms. The number of nitriles is 2. The quantitative estimate of drug-likeness (QED) is 0.167. The van der Waals surface area contributed by atoms with E-state index in [1.165, 1.54) is 11.1 Å². The second kappa shape index (κ2) is 15.1. The van der Waals surface area contributed by atoms with E-state index in [9.17, 15) is 10.5 Å². The Labute approximate surface area is 386 Å². The summed E-state index contributed by atoms with van der Waals surface area (Å²) in [6, 6.07) is 77.3. The van der Waals surface area contributed by atoms with Gasteiger partial charge >= 0.3 is 0 Å². The van der Waals surface area contributed by atoms with Crippen molar-refractivity contribution in [3.63, 3.8) is 0 Å². The largest absolute Gasteiger partial charge is 0.455 e. The Morgan fingerprint density at radius 1 is 0.463 bits per heavy atom. The van der Waals surface area contributed by atoms with Gasteiger partial charge in [0.15, 0.2) is 5.58 Å². The number of rotatable bonds is 6. The first-order chi connectivity index (χ1) is 33.2. The zero-order valence-corrected chi connectivity index (χ0v) is 36.1. The van der Waals surface area contributed by atoms with Crippen LogP contribution in [0.5, 0.6) is 0 Å². The van der Waals surface area contributed by atoms with Crippen LogP contribution in [0.25, 0.3) is 111 Å². The predicted octanol–water partition coefficient (Wildman–Crippen LogP) is 15.5. The molecular weight excluding hydrogens is 817 g/mol. The van der Waals surface area contributed by atoms with Crippen molar-refractivity contribution in [1.29, 1.82) is 10.5 Å². The molecule has 0 saturated carbocycles. The maximum atomic E-state index is 11.8. The molecule has 0 bridgehead atoms. The van der Waals surface area contributed by atoms with Crippen molar-refractivity contribution < 1.29 is 4.42 Å². The Morgan fingerprint density at radius 3 is 1.69 bits per heavy atom. The van der Waals surface area contributed by atoms with E-state index in [2.05, 4.69) is 173 Å². The molecule has 3 heterocycles. The highest BCUT2D eigenvalue weighted by atomic mass is 16.3. The fourth-order valence-electron chi connectivity index (χ4n) is 10.5. The van der Waals surface area contributed by atoms with E-state index < -0.39 is 0 Å². The summed E-state index contributed by atoms with van der Waals surface area (Å²) in [7, 11) is 0. The third kappa shape index (κ3) is 5.88. The highest BCUT2D eigenvalue weighted by Gasteiger charge is 2.32. The van der Waals surface area contributed by atoms with Crippen molar-refractivity contribution >= 4 is 66.3 Å². The number of aromatic nitrogens is 2. The second-order valence-electron chi connectivity index (χ2n) is 17.2. The molecule has 0 atom stereocenters. The van der Waals surface area contributed by atoms with Gasteiger partial charge in [-0.15, -0.1) is 0 Å². The summed E-state index contributed by atoms with van der Waals surface area (Å²) in [6.45, 7) is 0. The van der Waals surface area contributed by atoms with Crippen LogP contribution in [0.4, 0.5) is 0 Å². The molecule has 1 aliphatic carbocycles. The molecule has 0 fully saturated rings. The molecule has 0 saturated heterocycles. The van der Waals surface area contributed by atoms with Crippen LogP contribution in [0.2, 0.25) is 0 Å². The monoisotopic (exact) mass is 852 g/mol. The highest BCUT2D eigenvalue weighted by molar-refractivity contribution is 6.16. The molecule has 0 N–H and O–H groups in total. The topological polar surface area (TPSA) is 70.6 Å². The van der Waals surface area contributed by atoms with Crippen LogP contribution in [0.3, 0.4) is 0 Å². The Kier molecular flexibility index (Phi) is 8.62. The minimum atomic E-state index is 0.333. The van der Waals surface area contributed by atoms with Gasteiger partial charge in [-0.3, -0.25) is 4.57 Å². The number of hydrogen-bond acceptors (Lipinski definition) is 3. The van der Waals surface area contributed by atoms with Crippen LogP contribution in [0.1, 0.15) is 34.4 Å². The SMILES string of the molecule is N#Cc1c(-n2c3c#cc(-c4ccccc4)cc3c3cc(-c4ccccc4)ccc32)c(-n2c3c(c4cc(-c5ccccc5)ccc42)C=C(c2ccccc2)CC3)c(C#N)c2c1oc1ccccc12. The van der Waals surface area contributed by atoms with Gasteiger partial charge in [0, 0.05) is 43.8 Å². The number of furan rings is 1. The van der Waals surface area contributed by atoms with E-state index in [1.54, 1.807) is 0 Å². The van der Waals surface area contributed by atoms with Gasteiger partial charge in [0.25, 0.3) is 0 Å². The average molecular weight is 853 g/mol. The predicted molar refractivity (Wildman–Crippen MR) is 271 cm³/mol. The fourth-order valence-corrected chi connectivity index (χ4v) is 10.5. The molecular formula is C62H36N4O. The number of nitrogens with zero attached hydrogens (tertiary/aromatic N) is 4. The first kappa shape index (κ1) is 38.1. The third-order valence-electron chi connectivity index (χ3n) is 13.6. The van der Waals surface area contributed by atoms with Crippen molar-refractivity contribution in [1.82, 2.24) is 9.13 Å². The summed E-state index contributed by atoms with van der Waals surface area (Å²) in [5.74, 6) is 0. The van der Waals surface area contributed by atoms with E-state index >= 15 is 0 Å². The minimum Gasteiger partial charge on any atom is -0.455 e. The van der Waals surface area contributed by atoms with Crippen molar-refractivity contribution in [3.8, 4) is 56.9 Å². The van der Waals surface area contributed by atoms with Crippen LogP contribution in [0, 0.1) is 34.8 Å². The van der Waals surface area contributed by atoms with Gasteiger partial charge in [-0.25, -0.2) is 0 Å². The van der Waals surface area contributed by atoms with Crippen molar-refractivity contribution in [3.05, 3.63) is 228 Å². The molecule has 9 aromatic carbocycles. The first-order valence-corrected chi connectivity index (χ1v) is 22.5. The summed E-state index contributed by atoms with van der Waals surface area (Å²) >= 11 is 0. The minimum absolute atomic E-state index is 0.333. The van der Waals surface area contributed by atoms with E-state index in [1.807, 2.05) is 54.6 Å². The zero-order chi connectivity index (χ0) is 44.6. The van der Waals surface area contributed by atoms with Gasteiger partial charge in [0.1, 0.15) is 28.8 Å². The molecule has 0 amide bonds. The van der Waals surface area contributed by atoms with Gasteiger partial charge in [-0.1, -0.05) is 158 Å². The number of para-hydroxylation sites is 1. The molecule has 0 aliphatic heterocycles. The van der Waals surface area contributed by atoms with Gasteiger partial charge in [-0.2, -0.15) is 10.5 Å². The second-order valence-corrected chi connectivity index (χ2v) is 17.2. The van der Waals surface area contributed by atoms with Gasteiger partial charge in [-0.05, 0) is 100 Å². The summed E-state index contributed by atoms with van der Waals surface area (Å²) in [5, 5.41) is 27.9. The lowest BCUT2D eigenvalue weighted by Crippen LogP contribution is -2.12. The molecule has 13 rings (SSSR count). The molecule has 12 aromatic rings. The first-order valence-electron chi connectivity index (χ1n) is 22.5. The van der Waals surface area contributed by atoms with Crippen LogP contribution in [-0.4, -0.2) is 9.13 Å². The van der Waals surface area contributed by atoms with E-state index in [-0.39, 0.29) is 0 Å². The molecule has 5 heteroatoms. The normalized spacial score (nSPS) is 12.3. The summed E-state index contributed by atoms with van der Waals surface area (Å²) in [6.07, 6.45) is 3.83. The Morgan fingerprint density at radius 2 is 1.03 bits per heavy atom. The van der Waals surface area contributed by atoms with Gasteiger partial charge < -0.3 is 8.98 Å². The Hall–Kier alpha value is -9.34. The molecule has 5 nitrogen and oxygen atoms in total. The van der Waals surface area contributed by atoms with E-state index in [4.69, 9.17) is 4.42 Å². The molecule has 3 aromatic heterocycles. The molecule has 310 valence electrons. The average Bonchev–Trinajstić information content (AvgIpc) is 4.05. The van der Waals surface area contributed by atoms with Crippen LogP contribution >= 0.6 is 0 Å². The fraction of sp³-hybridized carbons (Fsp3) is 0.0323. The van der Waals surface area contributed by atoms with Crippen molar-refractivity contribution in [2.24, 2.45) is 0 Å². The Bertz CT molecular complexity index is 3990. The molecule has 0 radical (unpaired) electrons. The summed E-state index contributed by atoms with van der Waals surface area (Å²) < 4.78 is 11.1. The third-order valence-corrected chi connectivity index (χ3v) is 13.6. The smallest absolute Gasteiger partial charge is 0.156 e. The molecule has 0 spiro atoms. The highest BCUT2D eigenvalue weighted by Crippen LogP contribution is 2.48. The maximum absolute atomic E-state index is 11.8. The Balaban J connectivity index is 1.21. The lowest BCUT2D eigenvalue weighted by atomic mass is 9.90. The van der Waals surface area contributed by atoms with Crippen molar-refractivity contribution in [2.75, 3.05) is 0 Å². The number of allylic oxidation sites excluding steroid dienone is 1. The maximum Gasteiger partial charge on any atom is 0.156 e. The standard InChI is InChI=1S/C62H36N4O/c63-37-52-59-47-23-13-14-24-58(47)67-62(59)53(38-64)61(66-56-31-27-45(41-19-9-3-10-20-41)35-50(56)51-36-46(28-32-57(51)66)42-21-11-4-12-22-42)60(52)65-54-29-25-43(39-15-5-1-6-16-39)33-48(54)49-34-44(26-30-55(49)65)40-17-7-2-8-18-40/h1-25,27,29,31,33-36H,26,30H2. The summed E-state index contributed by atoms with van der Waals surface area (Å²) in [4.78, 5) is 0. The van der Waals surface area contributed by atoms with Crippen molar-refractivity contribution in [2.45, 2.75) is 12.8 Å². The summed E-state index contributed by atoms with van der Waals surface area (Å²) in [5.41, 5.74) is 16.4. The number of benzene rings is 8. The zero-order valence-electron chi connectivity index (χ0n) is 36.1. The number of hydrogen-bond donors (Lipinski definition) is 0. The lowest BCUT2D eigenvalue weighted by molar-refractivity contribution is 0.667. The van der Waals surface area contributed by atoms with Gasteiger partial charge in [0.2, 0.25) is 0 Å². The van der Waals surface area contributed by atoms with Crippen LogP contribution in [0.15, 0.2) is 192 Å². The van der Waals surface area contributed by atoms with Gasteiger partial charge in [0.05, 0.1) is 28.0 Å².